The summed E-state index contributed by atoms with van der Waals surface area (Å²) in [5, 5.41) is 19.7. The molecule has 0 aliphatic heterocycles. The molecular weight excluding hydrogens is 428 g/mol. The quantitative estimate of drug-likeness (QED) is 0.492. The van der Waals surface area contributed by atoms with E-state index in [0.717, 1.165) is 0 Å². The number of aromatic hydroxyl groups is 1. The fourth-order valence-corrected chi connectivity index (χ4v) is 2.45. The molecule has 0 spiro atoms. The molecule has 0 saturated heterocycles. The number of carbonyl (C=O) groups is 1. The molecule has 1 aromatic carbocycles. The van der Waals surface area contributed by atoms with Crippen molar-refractivity contribution in [3.8, 4) is 52.8 Å². The van der Waals surface area contributed by atoms with Crippen molar-refractivity contribution in [2.75, 3.05) is 28.4 Å². The van der Waals surface area contributed by atoms with Gasteiger partial charge in [0.15, 0.2) is 0 Å². The summed E-state index contributed by atoms with van der Waals surface area (Å²) >= 11 is 0. The van der Waals surface area contributed by atoms with Gasteiger partial charge in [-0.1, -0.05) is 6.07 Å². The highest BCUT2D eigenvalue weighted by molar-refractivity contribution is 5.94. The van der Waals surface area contributed by atoms with Crippen molar-refractivity contribution in [2.24, 2.45) is 0 Å². The number of ether oxygens (including phenoxy) is 6. The molecule has 0 amide bonds. The van der Waals surface area contributed by atoms with Crippen molar-refractivity contribution in [3.63, 3.8) is 0 Å². The monoisotopic (exact) mass is 446 g/mol. The number of methoxy groups -OCH3 is 4. The first kappa shape index (κ1) is 22.1. The zero-order valence-electron chi connectivity index (χ0n) is 17.4. The van der Waals surface area contributed by atoms with E-state index >= 15 is 0 Å². The lowest BCUT2D eigenvalue weighted by molar-refractivity contribution is 0.0691. The minimum absolute atomic E-state index is 0.136. The first-order chi connectivity index (χ1) is 15.4. The van der Waals surface area contributed by atoms with E-state index in [1.54, 1.807) is 0 Å². The number of aromatic nitrogens is 4. The van der Waals surface area contributed by atoms with Crippen LogP contribution in [0.25, 0.3) is 0 Å². The molecule has 0 aliphatic carbocycles. The molecule has 32 heavy (non-hydrogen) atoms. The number of benzene rings is 1. The van der Waals surface area contributed by atoms with Gasteiger partial charge in [0, 0.05) is 0 Å². The lowest BCUT2D eigenvalue weighted by atomic mass is 10.2. The summed E-state index contributed by atoms with van der Waals surface area (Å²) < 4.78 is 31.1. The van der Waals surface area contributed by atoms with Crippen LogP contribution in [0.15, 0.2) is 24.3 Å². The first-order valence-corrected chi connectivity index (χ1v) is 8.78. The Bertz CT molecular complexity index is 1090. The standard InChI is InChI=1S/C19H18N4O9/c1-27-11-8-12(28-2)21-18(20-11)31-9-6-5-7-10(13(9)17(25)26)32-19-22-15(29-3)14(24)16(23-19)30-4/h5-8,24H,1-4H3,(H,25,26). The largest absolute Gasteiger partial charge is 0.499 e. The van der Waals surface area contributed by atoms with E-state index in [-0.39, 0.29) is 52.6 Å². The van der Waals surface area contributed by atoms with Gasteiger partial charge in [-0.15, -0.1) is 0 Å². The van der Waals surface area contributed by atoms with Crippen LogP contribution >= 0.6 is 0 Å². The van der Waals surface area contributed by atoms with Crippen LogP contribution < -0.4 is 28.4 Å². The van der Waals surface area contributed by atoms with E-state index in [0.29, 0.717) is 0 Å². The van der Waals surface area contributed by atoms with E-state index in [2.05, 4.69) is 19.9 Å². The van der Waals surface area contributed by atoms with Crippen LogP contribution in [-0.4, -0.2) is 64.6 Å². The van der Waals surface area contributed by atoms with Gasteiger partial charge in [0.1, 0.15) is 17.1 Å². The molecule has 2 heterocycles. The molecule has 13 heteroatoms. The first-order valence-electron chi connectivity index (χ1n) is 8.78. The van der Waals surface area contributed by atoms with Crippen LogP contribution in [0, 0.1) is 0 Å². The van der Waals surface area contributed by atoms with Gasteiger partial charge in [-0.25, -0.2) is 4.79 Å². The molecular formula is C19H18N4O9. The summed E-state index contributed by atoms with van der Waals surface area (Å²) in [4.78, 5) is 27.8. The fraction of sp³-hybridized carbons (Fsp3) is 0.211. The third kappa shape index (κ3) is 4.61. The van der Waals surface area contributed by atoms with E-state index in [4.69, 9.17) is 28.4 Å². The maximum Gasteiger partial charge on any atom is 0.343 e. The highest BCUT2D eigenvalue weighted by Gasteiger charge is 2.23. The number of aromatic carboxylic acids is 1. The normalized spacial score (nSPS) is 10.2. The Labute approximate surface area is 181 Å². The third-order valence-corrected chi connectivity index (χ3v) is 3.87. The summed E-state index contributed by atoms with van der Waals surface area (Å²) in [7, 11) is 5.32. The zero-order chi connectivity index (χ0) is 23.3. The molecule has 0 bridgehead atoms. The smallest absolute Gasteiger partial charge is 0.343 e. The van der Waals surface area contributed by atoms with Crippen LogP contribution in [-0.2, 0) is 0 Å². The number of rotatable bonds is 9. The molecule has 0 saturated carbocycles. The number of nitrogens with zero attached hydrogens (tertiary/aromatic N) is 4. The molecule has 0 fully saturated rings. The Morgan fingerprint density at radius 1 is 0.781 bits per heavy atom. The number of carboxylic acid groups (broad SMARTS) is 1. The van der Waals surface area contributed by atoms with Crippen molar-refractivity contribution in [3.05, 3.63) is 29.8 Å². The van der Waals surface area contributed by atoms with Crippen molar-refractivity contribution in [2.45, 2.75) is 0 Å². The van der Waals surface area contributed by atoms with Crippen LogP contribution in [0.3, 0.4) is 0 Å². The Morgan fingerprint density at radius 3 is 1.66 bits per heavy atom. The Balaban J connectivity index is 2.02. The Hall–Kier alpha value is -4.55. The number of carboxylic acids is 1. The molecule has 0 aliphatic rings. The molecule has 2 aromatic heterocycles. The molecule has 13 nitrogen and oxygen atoms in total. The predicted octanol–water partition coefficient (Wildman–Crippen LogP) is 2.29. The summed E-state index contributed by atoms with van der Waals surface area (Å²) in [6.07, 6.45) is 0. The molecule has 0 radical (unpaired) electrons. The number of hydrogen-bond donors (Lipinski definition) is 2. The van der Waals surface area contributed by atoms with Crippen molar-refractivity contribution < 1.29 is 43.4 Å². The third-order valence-electron chi connectivity index (χ3n) is 3.87. The van der Waals surface area contributed by atoms with E-state index in [9.17, 15) is 15.0 Å². The van der Waals surface area contributed by atoms with Crippen molar-refractivity contribution in [1.29, 1.82) is 0 Å². The predicted molar refractivity (Wildman–Crippen MR) is 105 cm³/mol. The van der Waals surface area contributed by atoms with E-state index in [1.807, 2.05) is 0 Å². The van der Waals surface area contributed by atoms with Gasteiger partial charge >= 0.3 is 18.0 Å². The minimum atomic E-state index is -1.37. The van der Waals surface area contributed by atoms with E-state index < -0.39 is 11.7 Å². The summed E-state index contributed by atoms with van der Waals surface area (Å²) in [5.74, 6) is -2.28. The SMILES string of the molecule is COc1cc(OC)nc(Oc2cccc(Oc3nc(OC)c(O)c(OC)n3)c2C(=O)O)n1. The molecule has 3 rings (SSSR count). The van der Waals surface area contributed by atoms with Gasteiger partial charge in [-0.3, -0.25) is 0 Å². The second kappa shape index (κ2) is 9.51. The summed E-state index contributed by atoms with van der Waals surface area (Å²) in [6.45, 7) is 0. The molecule has 168 valence electrons. The molecule has 0 unspecified atom stereocenters. The average Bonchev–Trinajstić information content (AvgIpc) is 2.79. The van der Waals surface area contributed by atoms with Gasteiger partial charge in [0.05, 0.1) is 34.5 Å². The van der Waals surface area contributed by atoms with Crippen LogP contribution in [0.5, 0.6) is 52.8 Å². The van der Waals surface area contributed by atoms with Gasteiger partial charge in [-0.2, -0.15) is 19.9 Å². The van der Waals surface area contributed by atoms with Crippen molar-refractivity contribution in [1.82, 2.24) is 19.9 Å². The summed E-state index contributed by atoms with van der Waals surface area (Å²) in [5.41, 5.74) is -0.368. The van der Waals surface area contributed by atoms with Crippen LogP contribution in [0.1, 0.15) is 10.4 Å². The second-order valence-electron chi connectivity index (χ2n) is 5.75. The van der Waals surface area contributed by atoms with E-state index in [1.165, 1.54) is 52.7 Å². The lowest BCUT2D eigenvalue weighted by Crippen LogP contribution is -2.06. The van der Waals surface area contributed by atoms with Crippen LogP contribution in [0.2, 0.25) is 0 Å². The van der Waals surface area contributed by atoms with Crippen LogP contribution in [0.4, 0.5) is 0 Å². The maximum absolute atomic E-state index is 12.0. The maximum atomic E-state index is 12.0. The Morgan fingerprint density at radius 2 is 1.25 bits per heavy atom. The average molecular weight is 446 g/mol. The fourth-order valence-electron chi connectivity index (χ4n) is 2.45. The lowest BCUT2D eigenvalue weighted by Gasteiger charge is -2.13. The van der Waals surface area contributed by atoms with Gasteiger partial charge in [0.2, 0.25) is 17.5 Å². The number of hydrogen-bond acceptors (Lipinski definition) is 12. The van der Waals surface area contributed by atoms with Gasteiger partial charge in [-0.05, 0) is 12.1 Å². The van der Waals surface area contributed by atoms with Gasteiger partial charge < -0.3 is 38.6 Å². The van der Waals surface area contributed by atoms with Gasteiger partial charge in [0.25, 0.3) is 11.8 Å². The highest BCUT2D eigenvalue weighted by atomic mass is 16.5. The summed E-state index contributed by atoms with van der Waals surface area (Å²) in [6, 6.07) is 5.08. The zero-order valence-corrected chi connectivity index (χ0v) is 17.4. The molecule has 0 atom stereocenters. The topological polar surface area (TPSA) is 164 Å². The second-order valence-corrected chi connectivity index (χ2v) is 5.75. The highest BCUT2D eigenvalue weighted by Crippen LogP contribution is 2.38. The molecule has 3 aromatic rings. The molecule has 2 N–H and O–H groups in total. The Kier molecular flexibility index (Phi) is 6.58. The minimum Gasteiger partial charge on any atom is -0.499 e. The van der Waals surface area contributed by atoms with Crippen molar-refractivity contribution >= 4 is 5.97 Å².